The van der Waals surface area contributed by atoms with Crippen LogP contribution in [0.2, 0.25) is 0 Å². The minimum Gasteiger partial charge on any atom is -0.462 e. The molecule has 0 aromatic heterocycles. The van der Waals surface area contributed by atoms with Gasteiger partial charge in [0, 0.05) is 12.3 Å². The zero-order chi connectivity index (χ0) is 22.1. The third-order valence-electron chi connectivity index (χ3n) is 7.35. The zero-order valence-electron chi connectivity index (χ0n) is 19.1. The lowest BCUT2D eigenvalue weighted by Crippen LogP contribution is -2.43. The first-order chi connectivity index (χ1) is 14.1. The summed E-state index contributed by atoms with van der Waals surface area (Å²) < 4.78 is 11.6. The predicted molar refractivity (Wildman–Crippen MR) is 115 cm³/mol. The maximum Gasteiger partial charge on any atom is 0.311 e. The van der Waals surface area contributed by atoms with Crippen LogP contribution in [0.5, 0.6) is 0 Å². The molecule has 1 fully saturated rings. The summed E-state index contributed by atoms with van der Waals surface area (Å²) in [6.45, 7) is 10.3. The molecule has 0 saturated carbocycles. The molecule has 30 heavy (non-hydrogen) atoms. The van der Waals surface area contributed by atoms with Gasteiger partial charge < -0.3 is 14.6 Å². The fourth-order valence-corrected chi connectivity index (χ4v) is 5.08. The van der Waals surface area contributed by atoms with Crippen LogP contribution in [0.4, 0.5) is 0 Å². The molecule has 3 rings (SSSR count). The Morgan fingerprint density at radius 1 is 1.27 bits per heavy atom. The lowest BCUT2D eigenvalue weighted by Gasteiger charge is -2.44. The lowest BCUT2D eigenvalue weighted by atomic mass is 9.65. The highest BCUT2D eigenvalue weighted by molar-refractivity contribution is 5.76. The van der Waals surface area contributed by atoms with Crippen molar-refractivity contribution in [3.63, 3.8) is 0 Å². The van der Waals surface area contributed by atoms with E-state index in [1.807, 2.05) is 20.8 Å². The van der Waals surface area contributed by atoms with Gasteiger partial charge in [-0.2, -0.15) is 0 Å². The van der Waals surface area contributed by atoms with E-state index in [1.54, 1.807) is 0 Å². The van der Waals surface area contributed by atoms with Crippen LogP contribution in [0.15, 0.2) is 23.8 Å². The molecule has 0 unspecified atom stereocenters. The molecule has 2 aliphatic carbocycles. The fourth-order valence-electron chi connectivity index (χ4n) is 5.08. The van der Waals surface area contributed by atoms with Crippen molar-refractivity contribution in [1.82, 2.24) is 0 Å². The molecule has 1 saturated heterocycles. The third kappa shape index (κ3) is 5.16. The average Bonchev–Trinajstić information content (AvgIpc) is 2.66. The summed E-state index contributed by atoms with van der Waals surface area (Å²) in [7, 11) is 0. The number of cyclic esters (lactones) is 1. The molecule has 3 aliphatic rings. The molecule has 0 bridgehead atoms. The number of aliphatic hydroxyl groups is 1. The number of aliphatic hydroxyl groups excluding tert-OH is 1. The van der Waals surface area contributed by atoms with Crippen LogP contribution in [-0.2, 0) is 19.1 Å². The Morgan fingerprint density at radius 2 is 2.00 bits per heavy atom. The van der Waals surface area contributed by atoms with Gasteiger partial charge in [-0.3, -0.25) is 9.59 Å². The van der Waals surface area contributed by atoms with E-state index in [0.29, 0.717) is 24.2 Å². The van der Waals surface area contributed by atoms with E-state index >= 15 is 0 Å². The summed E-state index contributed by atoms with van der Waals surface area (Å²) in [5.74, 6) is 0.776. The highest BCUT2D eigenvalue weighted by Gasteiger charge is 2.43. The second kappa shape index (κ2) is 9.25. The molecule has 168 valence electrons. The van der Waals surface area contributed by atoms with Gasteiger partial charge in [0.1, 0.15) is 12.2 Å². The Balaban J connectivity index is 1.76. The number of carbonyl (C=O) groups is 2. The van der Waals surface area contributed by atoms with Gasteiger partial charge in [0.2, 0.25) is 0 Å². The van der Waals surface area contributed by atoms with Crippen LogP contribution >= 0.6 is 0 Å². The molecule has 0 spiro atoms. The molecule has 7 atom stereocenters. The van der Waals surface area contributed by atoms with Gasteiger partial charge in [-0.25, -0.2) is 0 Å². The number of fused-ring (bicyclic) bond motifs is 1. The number of hydrogen-bond donors (Lipinski definition) is 1. The number of carbonyl (C=O) groups excluding carboxylic acids is 2. The fraction of sp³-hybridized carbons (Fsp3) is 0.760. The second-order valence-electron chi connectivity index (χ2n) is 10.3. The van der Waals surface area contributed by atoms with Crippen molar-refractivity contribution in [3.8, 4) is 0 Å². The molecule has 0 amide bonds. The van der Waals surface area contributed by atoms with Gasteiger partial charge in [0.25, 0.3) is 0 Å². The van der Waals surface area contributed by atoms with Crippen molar-refractivity contribution in [2.45, 2.75) is 91.5 Å². The van der Waals surface area contributed by atoms with E-state index in [2.05, 4.69) is 32.1 Å². The summed E-state index contributed by atoms with van der Waals surface area (Å²) in [5, 5.41) is 9.92. The van der Waals surface area contributed by atoms with E-state index in [9.17, 15) is 14.7 Å². The number of rotatable bonds is 6. The monoisotopic (exact) mass is 418 g/mol. The molecular formula is C25H38O5. The van der Waals surface area contributed by atoms with E-state index in [4.69, 9.17) is 9.47 Å². The molecule has 5 nitrogen and oxygen atoms in total. The Bertz CT molecular complexity index is 706. The van der Waals surface area contributed by atoms with Crippen molar-refractivity contribution in [3.05, 3.63) is 23.8 Å². The minimum atomic E-state index is -0.601. The van der Waals surface area contributed by atoms with Crippen LogP contribution < -0.4 is 0 Å². The summed E-state index contributed by atoms with van der Waals surface area (Å²) in [6, 6.07) is 0. The average molecular weight is 419 g/mol. The molecular weight excluding hydrogens is 380 g/mol. The van der Waals surface area contributed by atoms with Crippen molar-refractivity contribution in [2.75, 3.05) is 0 Å². The van der Waals surface area contributed by atoms with E-state index < -0.39 is 11.5 Å². The van der Waals surface area contributed by atoms with Crippen LogP contribution in [0.3, 0.4) is 0 Å². The number of allylic oxidation sites excluding steroid dienone is 3. The molecule has 1 heterocycles. The molecule has 0 aromatic carbocycles. The van der Waals surface area contributed by atoms with E-state index in [1.165, 1.54) is 5.57 Å². The largest absolute Gasteiger partial charge is 0.462 e. The van der Waals surface area contributed by atoms with Gasteiger partial charge in [0.15, 0.2) is 0 Å². The summed E-state index contributed by atoms with van der Waals surface area (Å²) in [4.78, 5) is 24.6. The topological polar surface area (TPSA) is 72.8 Å². The van der Waals surface area contributed by atoms with Crippen molar-refractivity contribution in [1.29, 1.82) is 0 Å². The normalized spacial score (nSPS) is 36.5. The smallest absolute Gasteiger partial charge is 0.311 e. The first-order valence-corrected chi connectivity index (χ1v) is 11.6. The Morgan fingerprint density at radius 3 is 2.67 bits per heavy atom. The first-order valence-electron chi connectivity index (χ1n) is 11.6. The zero-order valence-corrected chi connectivity index (χ0v) is 19.1. The van der Waals surface area contributed by atoms with Crippen LogP contribution in [0.1, 0.15) is 73.1 Å². The number of esters is 2. The third-order valence-corrected chi connectivity index (χ3v) is 7.35. The SMILES string of the molecule is CCC(C)(C)C(=O)O[C@H]1C[C@@H](C)C=C2C=C[C@H](C)[C@@H](CC[C@@H]3C[C@@H](O)CC(=O)O3)[C@@H]21. The standard InChI is InChI=1S/C25H38O5/c1-6-25(4,5)24(28)30-21-12-15(2)11-17-8-7-16(3)20(23(17)21)10-9-19-13-18(26)14-22(27)29-19/h7-8,11,15-16,18-21,23,26H,6,9-10,12-14H2,1-5H3/t15-,16-,18+,19+,20+,21-,23+/m0/s1. The maximum absolute atomic E-state index is 12.9. The Labute approximate surface area is 180 Å². The lowest BCUT2D eigenvalue weighted by molar-refractivity contribution is -0.166. The van der Waals surface area contributed by atoms with Gasteiger partial charge in [-0.1, -0.05) is 39.0 Å². The Hall–Kier alpha value is -1.62. The molecule has 1 N–H and O–H groups in total. The maximum atomic E-state index is 12.9. The van der Waals surface area contributed by atoms with Gasteiger partial charge in [-0.15, -0.1) is 0 Å². The summed E-state index contributed by atoms with van der Waals surface area (Å²) >= 11 is 0. The van der Waals surface area contributed by atoms with Crippen LogP contribution in [-0.4, -0.2) is 35.4 Å². The van der Waals surface area contributed by atoms with Crippen molar-refractivity contribution >= 4 is 11.9 Å². The van der Waals surface area contributed by atoms with Crippen molar-refractivity contribution < 1.29 is 24.2 Å². The summed E-state index contributed by atoms with van der Waals surface area (Å²) in [6.07, 6.45) is 9.61. The van der Waals surface area contributed by atoms with Gasteiger partial charge >= 0.3 is 11.9 Å². The second-order valence-corrected chi connectivity index (χ2v) is 10.3. The number of hydrogen-bond acceptors (Lipinski definition) is 5. The minimum absolute atomic E-state index is 0.0949. The first kappa shape index (κ1) is 23.1. The van der Waals surface area contributed by atoms with Crippen LogP contribution in [0.25, 0.3) is 0 Å². The molecule has 5 heteroatoms. The molecule has 0 aromatic rings. The highest BCUT2D eigenvalue weighted by atomic mass is 16.6. The molecule has 1 aliphatic heterocycles. The quantitative estimate of drug-likeness (QED) is 0.639. The van der Waals surface area contributed by atoms with Crippen molar-refractivity contribution in [2.24, 2.45) is 29.1 Å². The highest BCUT2D eigenvalue weighted by Crippen LogP contribution is 2.45. The van der Waals surface area contributed by atoms with Crippen LogP contribution in [0, 0.1) is 29.1 Å². The van der Waals surface area contributed by atoms with Gasteiger partial charge in [-0.05, 0) is 62.9 Å². The summed E-state index contributed by atoms with van der Waals surface area (Å²) in [5.41, 5.74) is 0.785. The van der Waals surface area contributed by atoms with Gasteiger partial charge in [0.05, 0.1) is 17.9 Å². The van der Waals surface area contributed by atoms with E-state index in [-0.39, 0.29) is 36.5 Å². The number of ether oxygens (including phenoxy) is 2. The molecule has 0 radical (unpaired) electrons. The predicted octanol–water partition coefficient (Wildman–Crippen LogP) is 4.59. The Kier molecular flexibility index (Phi) is 7.11. The van der Waals surface area contributed by atoms with E-state index in [0.717, 1.165) is 25.7 Å².